The molecule has 4 atom stereocenters. The lowest BCUT2D eigenvalue weighted by atomic mass is 9.53. The molecule has 0 heterocycles. The molecule has 0 N–H and O–H groups in total. The normalized spacial score (nSPS) is 51.2. The Morgan fingerprint density at radius 2 is 1.58 bits per heavy atom. The lowest BCUT2D eigenvalue weighted by Crippen LogP contribution is -2.50. The maximum Gasteiger partial charge on any atom is 0.136 e. The zero-order valence-corrected chi connectivity index (χ0v) is 7.46. The fourth-order valence-electron chi connectivity index (χ4n) is 3.98. The van der Waals surface area contributed by atoms with Crippen LogP contribution < -0.4 is 0 Å². The van der Waals surface area contributed by atoms with Crippen molar-refractivity contribution in [3.05, 3.63) is 0 Å². The minimum absolute atomic E-state index is 0.534. The first-order valence-electron chi connectivity index (χ1n) is 5.40. The van der Waals surface area contributed by atoms with Crippen molar-refractivity contribution in [1.82, 2.24) is 0 Å². The third kappa shape index (κ3) is 0.725. The molecule has 1 heteroatoms. The Hall–Kier alpha value is -0.330. The Labute approximate surface area is 73.5 Å². The van der Waals surface area contributed by atoms with E-state index in [1.807, 2.05) is 0 Å². The van der Waals surface area contributed by atoms with Crippen molar-refractivity contribution < 1.29 is 4.79 Å². The van der Waals surface area contributed by atoms with Gasteiger partial charge in [0.15, 0.2) is 0 Å². The van der Waals surface area contributed by atoms with Crippen molar-refractivity contribution in [2.75, 3.05) is 0 Å². The second-order valence-electron chi connectivity index (χ2n) is 4.81. The lowest BCUT2D eigenvalue weighted by molar-refractivity contribution is -0.141. The van der Waals surface area contributed by atoms with E-state index in [1.165, 1.54) is 32.1 Å². The summed E-state index contributed by atoms with van der Waals surface area (Å²) >= 11 is 0. The molecule has 0 spiro atoms. The summed E-state index contributed by atoms with van der Waals surface area (Å²) in [6.45, 7) is 0. The summed E-state index contributed by atoms with van der Waals surface area (Å²) < 4.78 is 0. The zero-order valence-electron chi connectivity index (χ0n) is 7.46. The Bertz CT molecular complexity index is 221. The lowest BCUT2D eigenvalue weighted by Gasteiger charge is -2.50. The highest BCUT2D eigenvalue weighted by atomic mass is 16.1. The average molecular weight is 164 g/mol. The molecule has 0 aliphatic heterocycles. The molecule has 0 radical (unpaired) electrons. The number of carbonyl (C=O) groups is 1. The molecule has 66 valence electrons. The van der Waals surface area contributed by atoms with Gasteiger partial charge in [0, 0.05) is 12.3 Å². The van der Waals surface area contributed by atoms with E-state index in [2.05, 4.69) is 0 Å². The largest absolute Gasteiger partial charge is 0.299 e. The van der Waals surface area contributed by atoms with Gasteiger partial charge >= 0.3 is 0 Å². The molecule has 12 heavy (non-hydrogen) atoms. The Morgan fingerprint density at radius 1 is 0.917 bits per heavy atom. The van der Waals surface area contributed by atoms with E-state index in [0.29, 0.717) is 11.7 Å². The van der Waals surface area contributed by atoms with Crippen molar-refractivity contribution in [1.29, 1.82) is 0 Å². The topological polar surface area (TPSA) is 17.1 Å². The third-order valence-corrected chi connectivity index (χ3v) is 4.43. The molecule has 0 unspecified atom stereocenters. The standard InChI is InChI=1S/C11H16O/c12-10-6-2-5-9-7-3-1-4-8(7)11(9)10/h7-9,11H,1-6H2/t7-,8-,9+,11+/m1/s1. The molecule has 0 bridgehead atoms. The molecular formula is C11H16O. The number of rotatable bonds is 0. The number of Topliss-reactive ketones (excluding diaryl/α,β-unsaturated/α-hetero) is 1. The van der Waals surface area contributed by atoms with Gasteiger partial charge in [0.05, 0.1) is 0 Å². The zero-order chi connectivity index (χ0) is 8.13. The maximum absolute atomic E-state index is 11.6. The van der Waals surface area contributed by atoms with Gasteiger partial charge in [-0.15, -0.1) is 0 Å². The summed E-state index contributed by atoms with van der Waals surface area (Å²) in [5, 5.41) is 0. The van der Waals surface area contributed by atoms with E-state index in [-0.39, 0.29) is 0 Å². The molecule has 3 rings (SSSR count). The molecule has 3 aliphatic carbocycles. The Kier molecular flexibility index (Phi) is 1.38. The number of hydrogen-bond acceptors (Lipinski definition) is 1. The molecule has 3 aliphatic rings. The quantitative estimate of drug-likeness (QED) is 0.537. The van der Waals surface area contributed by atoms with Crippen LogP contribution in [0.1, 0.15) is 38.5 Å². The van der Waals surface area contributed by atoms with Crippen LogP contribution in [0.5, 0.6) is 0 Å². The molecule has 0 saturated heterocycles. The maximum atomic E-state index is 11.6. The predicted octanol–water partition coefficient (Wildman–Crippen LogP) is 2.40. The predicted molar refractivity (Wildman–Crippen MR) is 46.7 cm³/mol. The highest BCUT2D eigenvalue weighted by molar-refractivity contribution is 5.83. The van der Waals surface area contributed by atoms with Crippen LogP contribution in [0.2, 0.25) is 0 Å². The third-order valence-electron chi connectivity index (χ3n) is 4.43. The molecule has 0 amide bonds. The first-order valence-corrected chi connectivity index (χ1v) is 5.40. The minimum Gasteiger partial charge on any atom is -0.299 e. The monoisotopic (exact) mass is 164 g/mol. The van der Waals surface area contributed by atoms with Gasteiger partial charge in [-0.2, -0.15) is 0 Å². The first-order chi connectivity index (χ1) is 5.88. The van der Waals surface area contributed by atoms with E-state index in [4.69, 9.17) is 0 Å². The number of hydrogen-bond donors (Lipinski definition) is 0. The molecule has 0 aromatic carbocycles. The number of carbonyl (C=O) groups excluding carboxylic acids is 1. The van der Waals surface area contributed by atoms with Gasteiger partial charge in [-0.05, 0) is 43.4 Å². The van der Waals surface area contributed by atoms with Gasteiger partial charge in [0.1, 0.15) is 5.78 Å². The Morgan fingerprint density at radius 3 is 2.42 bits per heavy atom. The summed E-state index contributed by atoms with van der Waals surface area (Å²) in [6.07, 6.45) is 7.62. The van der Waals surface area contributed by atoms with Crippen LogP contribution in [0.15, 0.2) is 0 Å². The van der Waals surface area contributed by atoms with E-state index < -0.39 is 0 Å². The van der Waals surface area contributed by atoms with Gasteiger partial charge in [-0.25, -0.2) is 0 Å². The van der Waals surface area contributed by atoms with Crippen LogP contribution in [-0.2, 0) is 4.79 Å². The van der Waals surface area contributed by atoms with Crippen LogP contribution in [0.25, 0.3) is 0 Å². The van der Waals surface area contributed by atoms with Gasteiger partial charge in [-0.3, -0.25) is 4.79 Å². The van der Waals surface area contributed by atoms with Gasteiger partial charge in [0.2, 0.25) is 0 Å². The minimum atomic E-state index is 0.534. The van der Waals surface area contributed by atoms with Crippen LogP contribution in [0, 0.1) is 23.7 Å². The first kappa shape index (κ1) is 7.11. The van der Waals surface area contributed by atoms with Gasteiger partial charge < -0.3 is 0 Å². The molecule has 0 aromatic rings. The van der Waals surface area contributed by atoms with E-state index >= 15 is 0 Å². The smallest absolute Gasteiger partial charge is 0.136 e. The number of fused-ring (bicyclic) bond motifs is 4. The molecule has 3 saturated carbocycles. The second kappa shape index (κ2) is 2.34. The molecule has 0 aromatic heterocycles. The van der Waals surface area contributed by atoms with E-state index in [0.717, 1.165) is 24.2 Å². The number of ketones is 1. The van der Waals surface area contributed by atoms with Crippen LogP contribution in [0.3, 0.4) is 0 Å². The molecule has 1 nitrogen and oxygen atoms in total. The SMILES string of the molecule is O=C1CCC[C@H]2[C@@H]3CCC[C@H]3[C@H]12. The Balaban J connectivity index is 1.84. The fraction of sp³-hybridized carbons (Fsp3) is 0.909. The van der Waals surface area contributed by atoms with E-state index in [1.54, 1.807) is 0 Å². The highest BCUT2D eigenvalue weighted by Crippen LogP contribution is 2.59. The van der Waals surface area contributed by atoms with Gasteiger partial charge in [-0.1, -0.05) is 6.42 Å². The molecular weight excluding hydrogens is 148 g/mol. The van der Waals surface area contributed by atoms with Crippen molar-refractivity contribution in [3.63, 3.8) is 0 Å². The molecule has 3 fully saturated rings. The van der Waals surface area contributed by atoms with Crippen molar-refractivity contribution in [2.24, 2.45) is 23.7 Å². The van der Waals surface area contributed by atoms with Gasteiger partial charge in [0.25, 0.3) is 0 Å². The van der Waals surface area contributed by atoms with Crippen LogP contribution in [-0.4, -0.2) is 5.78 Å². The van der Waals surface area contributed by atoms with Crippen molar-refractivity contribution in [3.8, 4) is 0 Å². The average Bonchev–Trinajstić information content (AvgIpc) is 2.43. The fourth-order valence-corrected chi connectivity index (χ4v) is 3.98. The van der Waals surface area contributed by atoms with E-state index in [9.17, 15) is 4.79 Å². The van der Waals surface area contributed by atoms with Crippen molar-refractivity contribution in [2.45, 2.75) is 38.5 Å². The summed E-state index contributed by atoms with van der Waals surface area (Å²) in [7, 11) is 0. The van der Waals surface area contributed by atoms with Crippen molar-refractivity contribution >= 4 is 5.78 Å². The summed E-state index contributed by atoms with van der Waals surface area (Å²) in [4.78, 5) is 11.6. The second-order valence-corrected chi connectivity index (χ2v) is 4.81. The van der Waals surface area contributed by atoms with Crippen LogP contribution in [0.4, 0.5) is 0 Å². The highest BCUT2D eigenvalue weighted by Gasteiger charge is 2.55. The summed E-state index contributed by atoms with van der Waals surface area (Å²) in [5.41, 5.74) is 0. The summed E-state index contributed by atoms with van der Waals surface area (Å²) in [6, 6.07) is 0. The van der Waals surface area contributed by atoms with Crippen LogP contribution >= 0.6 is 0 Å². The summed E-state index contributed by atoms with van der Waals surface area (Å²) in [5.74, 6) is 3.78.